The van der Waals surface area contributed by atoms with Crippen LogP contribution in [0.2, 0.25) is 10.0 Å². The number of anilines is 1. The van der Waals surface area contributed by atoms with Crippen molar-refractivity contribution in [3.63, 3.8) is 0 Å². The second-order valence-corrected chi connectivity index (χ2v) is 5.57. The summed E-state index contributed by atoms with van der Waals surface area (Å²) in [5.74, 6) is -1.12. The maximum absolute atomic E-state index is 12.0. The van der Waals surface area contributed by atoms with Crippen molar-refractivity contribution in [3.8, 4) is 0 Å². The number of hydrogen-bond donors (Lipinski definition) is 1. The molecule has 116 valence electrons. The number of likely N-dealkylation sites (N-methyl/N-ethyl adjacent to an activating group) is 1. The summed E-state index contributed by atoms with van der Waals surface area (Å²) < 4.78 is 1.53. The summed E-state index contributed by atoms with van der Waals surface area (Å²) in [6.07, 6.45) is 1.66. The first-order chi connectivity index (χ1) is 10.4. The Balaban J connectivity index is 2.00. The van der Waals surface area contributed by atoms with E-state index in [1.807, 2.05) is 0 Å². The number of hydrogen-bond acceptors (Lipinski definition) is 3. The summed E-state index contributed by atoms with van der Waals surface area (Å²) in [5.41, 5.74) is 0.701. The predicted octanol–water partition coefficient (Wildman–Crippen LogP) is 2.32. The van der Waals surface area contributed by atoms with E-state index in [4.69, 9.17) is 23.2 Å². The van der Waals surface area contributed by atoms with Gasteiger partial charge in [0.2, 0.25) is 0 Å². The van der Waals surface area contributed by atoms with Crippen molar-refractivity contribution < 1.29 is 9.59 Å². The number of carbonyl (C=O) groups is 2. The first kappa shape index (κ1) is 16.3. The fourth-order valence-electron chi connectivity index (χ4n) is 1.80. The topological polar surface area (TPSA) is 67.2 Å². The quantitative estimate of drug-likeness (QED) is 0.872. The molecule has 1 N–H and O–H groups in total. The van der Waals surface area contributed by atoms with E-state index in [1.54, 1.807) is 37.5 Å². The normalized spacial score (nSPS) is 10.4. The van der Waals surface area contributed by atoms with Crippen LogP contribution in [0.3, 0.4) is 0 Å². The third-order valence-electron chi connectivity index (χ3n) is 2.92. The van der Waals surface area contributed by atoms with Crippen LogP contribution in [0.25, 0.3) is 0 Å². The molecule has 2 aromatic rings. The van der Waals surface area contributed by atoms with Gasteiger partial charge in [-0.05, 0) is 17.7 Å². The minimum atomic E-state index is -0.758. The standard InChI is InChI=1S/C14H14Cl2N4O2/c1-19(8-9-3-4-10(15)7-11(9)16)14(22)13(21)17-12-5-6-20(2)18-12/h3-7H,8H2,1-2H3,(H,17,18,21). The Kier molecular flexibility index (Phi) is 5.05. The molecule has 0 atom stereocenters. The Morgan fingerprint density at radius 2 is 2.05 bits per heavy atom. The largest absolute Gasteiger partial charge is 0.333 e. The van der Waals surface area contributed by atoms with E-state index >= 15 is 0 Å². The molecule has 6 nitrogen and oxygen atoms in total. The zero-order valence-electron chi connectivity index (χ0n) is 12.0. The number of benzene rings is 1. The molecule has 0 bridgehead atoms. The van der Waals surface area contributed by atoms with Crippen molar-refractivity contribution in [1.82, 2.24) is 14.7 Å². The number of nitrogens with one attached hydrogen (secondary N) is 1. The first-order valence-electron chi connectivity index (χ1n) is 6.37. The Hall–Kier alpha value is -2.05. The van der Waals surface area contributed by atoms with Gasteiger partial charge in [0.15, 0.2) is 5.82 Å². The van der Waals surface area contributed by atoms with Crippen LogP contribution in [0.4, 0.5) is 5.82 Å². The third kappa shape index (κ3) is 3.99. The molecule has 0 fully saturated rings. The lowest BCUT2D eigenvalue weighted by molar-refractivity contribution is -0.142. The van der Waals surface area contributed by atoms with Crippen LogP contribution in [-0.2, 0) is 23.2 Å². The van der Waals surface area contributed by atoms with Gasteiger partial charge >= 0.3 is 11.8 Å². The van der Waals surface area contributed by atoms with Crippen LogP contribution < -0.4 is 5.32 Å². The Labute approximate surface area is 137 Å². The molecule has 8 heteroatoms. The summed E-state index contributed by atoms with van der Waals surface area (Å²) in [5, 5.41) is 7.37. The number of nitrogens with zero attached hydrogens (tertiary/aromatic N) is 3. The van der Waals surface area contributed by atoms with Crippen molar-refractivity contribution in [2.75, 3.05) is 12.4 Å². The van der Waals surface area contributed by atoms with Crippen LogP contribution in [0.15, 0.2) is 30.5 Å². The lowest BCUT2D eigenvalue weighted by Crippen LogP contribution is -2.36. The molecular weight excluding hydrogens is 327 g/mol. The second kappa shape index (κ2) is 6.81. The molecule has 1 aromatic heterocycles. The van der Waals surface area contributed by atoms with Crippen LogP contribution in [0.1, 0.15) is 5.56 Å². The molecule has 0 spiro atoms. The zero-order valence-corrected chi connectivity index (χ0v) is 13.5. The lowest BCUT2D eigenvalue weighted by atomic mass is 10.2. The highest BCUT2D eigenvalue weighted by atomic mass is 35.5. The molecular formula is C14H14Cl2N4O2. The van der Waals surface area contributed by atoms with Gasteiger partial charge in [-0.2, -0.15) is 5.10 Å². The van der Waals surface area contributed by atoms with Crippen molar-refractivity contribution in [2.45, 2.75) is 6.54 Å². The maximum atomic E-state index is 12.0. The van der Waals surface area contributed by atoms with Crippen molar-refractivity contribution in [1.29, 1.82) is 0 Å². The number of aryl methyl sites for hydroxylation is 1. The number of aromatic nitrogens is 2. The van der Waals surface area contributed by atoms with Gasteiger partial charge in [0, 0.05) is 42.9 Å². The Morgan fingerprint density at radius 3 is 2.64 bits per heavy atom. The van der Waals surface area contributed by atoms with E-state index in [2.05, 4.69) is 10.4 Å². The summed E-state index contributed by atoms with van der Waals surface area (Å²) in [6.45, 7) is 0.199. The average Bonchev–Trinajstić information content (AvgIpc) is 2.86. The highest BCUT2D eigenvalue weighted by Gasteiger charge is 2.20. The fourth-order valence-corrected chi connectivity index (χ4v) is 2.27. The molecule has 2 amide bonds. The lowest BCUT2D eigenvalue weighted by Gasteiger charge is -2.17. The fraction of sp³-hybridized carbons (Fsp3) is 0.214. The van der Waals surface area contributed by atoms with Gasteiger partial charge in [0.25, 0.3) is 0 Å². The highest BCUT2D eigenvalue weighted by molar-refractivity contribution is 6.39. The van der Waals surface area contributed by atoms with Gasteiger partial charge in [-0.3, -0.25) is 14.3 Å². The monoisotopic (exact) mass is 340 g/mol. The number of carbonyl (C=O) groups excluding carboxylic acids is 2. The van der Waals surface area contributed by atoms with E-state index in [9.17, 15) is 9.59 Å². The molecule has 1 aromatic carbocycles. The van der Waals surface area contributed by atoms with E-state index in [-0.39, 0.29) is 6.54 Å². The summed E-state index contributed by atoms with van der Waals surface area (Å²) in [4.78, 5) is 25.2. The molecule has 2 rings (SSSR count). The van der Waals surface area contributed by atoms with E-state index in [1.165, 1.54) is 16.6 Å². The highest BCUT2D eigenvalue weighted by Crippen LogP contribution is 2.22. The zero-order chi connectivity index (χ0) is 16.3. The average molecular weight is 341 g/mol. The third-order valence-corrected chi connectivity index (χ3v) is 3.51. The molecule has 22 heavy (non-hydrogen) atoms. The van der Waals surface area contributed by atoms with Crippen molar-refractivity contribution in [2.24, 2.45) is 7.05 Å². The smallest absolute Gasteiger partial charge is 0.315 e. The minimum Gasteiger partial charge on any atom is -0.333 e. The van der Waals surface area contributed by atoms with E-state index in [0.717, 1.165) is 0 Å². The molecule has 0 radical (unpaired) electrons. The van der Waals surface area contributed by atoms with Crippen molar-refractivity contribution >= 4 is 40.8 Å². The summed E-state index contributed by atoms with van der Waals surface area (Å²) in [6, 6.07) is 6.58. The van der Waals surface area contributed by atoms with Crippen LogP contribution in [-0.4, -0.2) is 33.5 Å². The second-order valence-electron chi connectivity index (χ2n) is 4.73. The number of halogens is 2. The molecule has 0 unspecified atom stereocenters. The van der Waals surface area contributed by atoms with Gasteiger partial charge in [0.05, 0.1) is 0 Å². The minimum absolute atomic E-state index is 0.199. The molecule has 0 saturated carbocycles. The molecule has 0 aliphatic carbocycles. The Bertz CT molecular complexity index is 715. The van der Waals surface area contributed by atoms with Gasteiger partial charge in [-0.1, -0.05) is 29.3 Å². The summed E-state index contributed by atoms with van der Waals surface area (Å²) in [7, 11) is 3.23. The van der Waals surface area contributed by atoms with Crippen molar-refractivity contribution in [3.05, 3.63) is 46.1 Å². The van der Waals surface area contributed by atoms with Gasteiger partial charge in [-0.15, -0.1) is 0 Å². The molecule has 0 aliphatic heterocycles. The SMILES string of the molecule is CN(Cc1ccc(Cl)cc1Cl)C(=O)C(=O)Nc1ccn(C)n1. The number of rotatable bonds is 3. The van der Waals surface area contributed by atoms with E-state index < -0.39 is 11.8 Å². The predicted molar refractivity (Wildman–Crippen MR) is 84.8 cm³/mol. The molecule has 1 heterocycles. The summed E-state index contributed by atoms with van der Waals surface area (Å²) >= 11 is 11.9. The number of amides is 2. The maximum Gasteiger partial charge on any atom is 0.315 e. The van der Waals surface area contributed by atoms with E-state index in [0.29, 0.717) is 21.4 Å². The Morgan fingerprint density at radius 1 is 1.32 bits per heavy atom. The molecule has 0 saturated heterocycles. The van der Waals surface area contributed by atoms with Gasteiger partial charge in [-0.25, -0.2) is 0 Å². The first-order valence-corrected chi connectivity index (χ1v) is 7.12. The van der Waals surface area contributed by atoms with Crippen LogP contribution in [0, 0.1) is 0 Å². The van der Waals surface area contributed by atoms with Crippen LogP contribution >= 0.6 is 23.2 Å². The van der Waals surface area contributed by atoms with Gasteiger partial charge in [0.1, 0.15) is 0 Å². The van der Waals surface area contributed by atoms with Crippen LogP contribution in [0.5, 0.6) is 0 Å². The van der Waals surface area contributed by atoms with Gasteiger partial charge < -0.3 is 10.2 Å². The molecule has 0 aliphatic rings.